The number of benzene rings is 1. The number of para-hydroxylation sites is 1. The summed E-state index contributed by atoms with van der Waals surface area (Å²) in [7, 11) is 0. The van der Waals surface area contributed by atoms with Gasteiger partial charge in [0.25, 0.3) is 0 Å². The molecule has 2 aromatic rings. The van der Waals surface area contributed by atoms with Crippen molar-refractivity contribution in [2.75, 3.05) is 0 Å². The molecule has 0 spiro atoms. The molecule has 0 radical (unpaired) electrons. The summed E-state index contributed by atoms with van der Waals surface area (Å²) in [5, 5.41) is 8.45. The quantitative estimate of drug-likeness (QED) is 0.683. The molecule has 0 unspecified atom stereocenters. The van der Waals surface area contributed by atoms with Crippen LogP contribution in [-0.4, -0.2) is 16.1 Å². The van der Waals surface area contributed by atoms with E-state index in [1.54, 1.807) is 0 Å². The SMILES string of the molecule is O=C(O)/C=C/c1nc2cccc(I)c2o1. The lowest BCUT2D eigenvalue weighted by Crippen LogP contribution is -1.85. The third kappa shape index (κ3) is 2.17. The highest BCUT2D eigenvalue weighted by molar-refractivity contribution is 14.1. The largest absolute Gasteiger partial charge is 0.478 e. The van der Waals surface area contributed by atoms with Gasteiger partial charge in [-0.05, 0) is 34.7 Å². The van der Waals surface area contributed by atoms with Crippen LogP contribution in [-0.2, 0) is 4.79 Å². The maximum Gasteiger partial charge on any atom is 0.328 e. The average Bonchev–Trinajstić information content (AvgIpc) is 2.59. The fraction of sp³-hybridized carbons (Fsp3) is 0. The van der Waals surface area contributed by atoms with Gasteiger partial charge in [-0.3, -0.25) is 0 Å². The van der Waals surface area contributed by atoms with Crippen LogP contribution in [0, 0.1) is 3.57 Å². The number of hydrogen-bond acceptors (Lipinski definition) is 3. The lowest BCUT2D eigenvalue weighted by atomic mass is 10.3. The van der Waals surface area contributed by atoms with Gasteiger partial charge in [0.2, 0.25) is 5.89 Å². The molecule has 4 nitrogen and oxygen atoms in total. The number of carboxylic acids is 1. The van der Waals surface area contributed by atoms with Crippen molar-refractivity contribution >= 4 is 45.7 Å². The molecule has 1 heterocycles. The van der Waals surface area contributed by atoms with Crippen LogP contribution in [0.2, 0.25) is 0 Å². The summed E-state index contributed by atoms with van der Waals surface area (Å²) in [5.74, 6) is -0.719. The third-order valence-corrected chi connectivity index (χ3v) is 2.60. The van der Waals surface area contributed by atoms with E-state index >= 15 is 0 Å². The lowest BCUT2D eigenvalue weighted by molar-refractivity contribution is -0.131. The van der Waals surface area contributed by atoms with Crippen molar-refractivity contribution in [3.63, 3.8) is 0 Å². The molecule has 1 aromatic heterocycles. The van der Waals surface area contributed by atoms with Crippen LogP contribution in [0.5, 0.6) is 0 Å². The van der Waals surface area contributed by atoms with Gasteiger partial charge in [-0.1, -0.05) is 6.07 Å². The number of aromatic nitrogens is 1. The zero-order valence-corrected chi connectivity index (χ0v) is 9.63. The normalized spacial score (nSPS) is 11.3. The summed E-state index contributed by atoms with van der Waals surface area (Å²) in [6.07, 6.45) is 2.33. The zero-order valence-electron chi connectivity index (χ0n) is 7.48. The highest BCUT2D eigenvalue weighted by Gasteiger charge is 2.05. The number of nitrogens with zero attached hydrogens (tertiary/aromatic N) is 1. The molecule has 2 rings (SSSR count). The molecule has 0 atom stereocenters. The van der Waals surface area contributed by atoms with Gasteiger partial charge in [-0.25, -0.2) is 9.78 Å². The Hall–Kier alpha value is -1.37. The Kier molecular flexibility index (Phi) is 2.72. The Bertz CT molecular complexity index is 545. The van der Waals surface area contributed by atoms with Gasteiger partial charge in [-0.15, -0.1) is 0 Å². The van der Waals surface area contributed by atoms with Gasteiger partial charge in [0.05, 0.1) is 3.57 Å². The van der Waals surface area contributed by atoms with Gasteiger partial charge < -0.3 is 9.52 Å². The fourth-order valence-corrected chi connectivity index (χ4v) is 1.74. The van der Waals surface area contributed by atoms with Gasteiger partial charge in [-0.2, -0.15) is 0 Å². The second kappa shape index (κ2) is 4.01. The molecule has 1 N–H and O–H groups in total. The smallest absolute Gasteiger partial charge is 0.328 e. The Morgan fingerprint density at radius 2 is 2.33 bits per heavy atom. The minimum atomic E-state index is -1.02. The molecule has 0 aliphatic rings. The number of hydrogen-bond donors (Lipinski definition) is 1. The number of oxazole rings is 1. The van der Waals surface area contributed by atoms with Crippen molar-refractivity contribution in [2.45, 2.75) is 0 Å². The number of carboxylic acid groups (broad SMARTS) is 1. The summed E-state index contributed by atoms with van der Waals surface area (Å²) in [6, 6.07) is 5.59. The summed E-state index contributed by atoms with van der Waals surface area (Å²) < 4.78 is 6.33. The first-order chi connectivity index (χ1) is 7.16. The first kappa shape index (κ1) is 10.2. The molecule has 0 aliphatic heterocycles. The van der Waals surface area contributed by atoms with Crippen LogP contribution in [0.3, 0.4) is 0 Å². The molecule has 0 saturated heterocycles. The van der Waals surface area contributed by atoms with E-state index in [1.165, 1.54) is 6.08 Å². The molecule has 15 heavy (non-hydrogen) atoms. The molecule has 0 aliphatic carbocycles. The minimum Gasteiger partial charge on any atom is -0.478 e. The van der Waals surface area contributed by atoms with Crippen LogP contribution in [0.15, 0.2) is 28.7 Å². The molecule has 0 saturated carbocycles. The monoisotopic (exact) mass is 315 g/mol. The van der Waals surface area contributed by atoms with Gasteiger partial charge in [0.15, 0.2) is 5.58 Å². The number of halogens is 1. The molecule has 1 aromatic carbocycles. The van der Waals surface area contributed by atoms with E-state index in [2.05, 4.69) is 27.6 Å². The standard InChI is InChI=1S/C10H6INO3/c11-6-2-1-3-7-10(6)15-8(12-7)4-5-9(13)14/h1-5H,(H,13,14)/b5-4+. The first-order valence-corrected chi connectivity index (χ1v) is 5.21. The van der Waals surface area contributed by atoms with Crippen LogP contribution in [0.1, 0.15) is 5.89 Å². The molecular formula is C10H6INO3. The second-order valence-electron chi connectivity index (χ2n) is 2.81. The average molecular weight is 315 g/mol. The predicted octanol–water partition coefficient (Wildman–Crippen LogP) is 2.53. The highest BCUT2D eigenvalue weighted by atomic mass is 127. The molecule has 5 heteroatoms. The Labute approximate surface area is 98.7 Å². The third-order valence-electron chi connectivity index (χ3n) is 1.75. The highest BCUT2D eigenvalue weighted by Crippen LogP contribution is 2.21. The van der Waals surface area contributed by atoms with Crippen molar-refractivity contribution in [1.82, 2.24) is 4.98 Å². The molecule has 0 bridgehead atoms. The van der Waals surface area contributed by atoms with E-state index in [0.29, 0.717) is 11.5 Å². The van der Waals surface area contributed by atoms with Crippen molar-refractivity contribution in [1.29, 1.82) is 0 Å². The van der Waals surface area contributed by atoms with Crippen molar-refractivity contribution in [3.8, 4) is 0 Å². The van der Waals surface area contributed by atoms with E-state index in [0.717, 1.165) is 15.2 Å². The van der Waals surface area contributed by atoms with E-state index in [9.17, 15) is 4.79 Å². The van der Waals surface area contributed by atoms with Crippen molar-refractivity contribution in [3.05, 3.63) is 33.7 Å². The topological polar surface area (TPSA) is 63.3 Å². The second-order valence-corrected chi connectivity index (χ2v) is 3.97. The molecule has 0 amide bonds. The number of fused-ring (bicyclic) bond motifs is 1. The van der Waals surface area contributed by atoms with Gasteiger partial charge in [0, 0.05) is 12.2 Å². The predicted molar refractivity (Wildman–Crippen MR) is 63.4 cm³/mol. The van der Waals surface area contributed by atoms with E-state index in [-0.39, 0.29) is 0 Å². The summed E-state index contributed by atoms with van der Waals surface area (Å²) >= 11 is 2.14. The number of aliphatic carboxylic acids is 1. The molecule has 76 valence electrons. The molecular weight excluding hydrogens is 309 g/mol. The van der Waals surface area contributed by atoms with Crippen LogP contribution in [0.25, 0.3) is 17.2 Å². The summed E-state index contributed by atoms with van der Waals surface area (Å²) in [6.45, 7) is 0. The van der Waals surface area contributed by atoms with Crippen LogP contribution in [0.4, 0.5) is 0 Å². The Morgan fingerprint density at radius 3 is 3.00 bits per heavy atom. The van der Waals surface area contributed by atoms with Crippen LogP contribution >= 0.6 is 22.6 Å². The molecule has 0 fully saturated rings. The Morgan fingerprint density at radius 1 is 1.53 bits per heavy atom. The number of rotatable bonds is 2. The lowest BCUT2D eigenvalue weighted by Gasteiger charge is -1.87. The van der Waals surface area contributed by atoms with Crippen LogP contribution < -0.4 is 0 Å². The van der Waals surface area contributed by atoms with Crippen molar-refractivity contribution < 1.29 is 14.3 Å². The maximum atomic E-state index is 10.3. The van der Waals surface area contributed by atoms with Gasteiger partial charge in [0.1, 0.15) is 5.52 Å². The van der Waals surface area contributed by atoms with Crippen molar-refractivity contribution in [2.24, 2.45) is 0 Å². The summed E-state index contributed by atoms with van der Waals surface area (Å²) in [5.41, 5.74) is 1.41. The van der Waals surface area contributed by atoms with E-state index < -0.39 is 5.97 Å². The first-order valence-electron chi connectivity index (χ1n) is 4.13. The number of carbonyl (C=O) groups is 1. The summed E-state index contributed by atoms with van der Waals surface area (Å²) in [4.78, 5) is 14.4. The van der Waals surface area contributed by atoms with Gasteiger partial charge >= 0.3 is 5.97 Å². The maximum absolute atomic E-state index is 10.3. The Balaban J connectivity index is 2.48. The fourth-order valence-electron chi connectivity index (χ4n) is 1.15. The minimum absolute atomic E-state index is 0.302. The van der Waals surface area contributed by atoms with E-state index in [1.807, 2.05) is 18.2 Å². The zero-order chi connectivity index (χ0) is 10.8. The van der Waals surface area contributed by atoms with E-state index in [4.69, 9.17) is 9.52 Å².